The van der Waals surface area contributed by atoms with E-state index in [2.05, 4.69) is 19.2 Å². The largest absolute Gasteiger partial charge is 0.349 e. The molecule has 0 aromatic heterocycles. The molecule has 4 nitrogen and oxygen atoms in total. The predicted molar refractivity (Wildman–Crippen MR) is 88.0 cm³/mol. The summed E-state index contributed by atoms with van der Waals surface area (Å²) in [6.07, 6.45) is 4.33. The zero-order chi connectivity index (χ0) is 16.5. The van der Waals surface area contributed by atoms with E-state index >= 15 is 0 Å². The average molecular weight is 344 g/mol. The number of sulfone groups is 1. The van der Waals surface area contributed by atoms with Gasteiger partial charge in [-0.2, -0.15) is 0 Å². The van der Waals surface area contributed by atoms with E-state index in [1.54, 1.807) is 0 Å². The highest BCUT2D eigenvalue weighted by atomic mass is 35.5. The molecule has 1 aliphatic rings. The van der Waals surface area contributed by atoms with Crippen molar-refractivity contribution in [2.75, 3.05) is 6.26 Å². The third-order valence-electron chi connectivity index (χ3n) is 4.63. The predicted octanol–water partition coefficient (Wildman–Crippen LogP) is 3.30. The zero-order valence-electron chi connectivity index (χ0n) is 13.1. The highest BCUT2D eigenvalue weighted by Crippen LogP contribution is 2.30. The maximum Gasteiger partial charge on any atom is 0.253 e. The van der Waals surface area contributed by atoms with E-state index < -0.39 is 9.84 Å². The lowest BCUT2D eigenvalue weighted by Crippen LogP contribution is -2.43. The first-order chi connectivity index (χ1) is 10.2. The van der Waals surface area contributed by atoms with Gasteiger partial charge in [-0.15, -0.1) is 0 Å². The molecule has 0 radical (unpaired) electrons. The molecule has 0 spiro atoms. The summed E-state index contributed by atoms with van der Waals surface area (Å²) in [5.74, 6) is 0.660. The number of hydrogen-bond donors (Lipinski definition) is 1. The molecule has 6 heteroatoms. The van der Waals surface area contributed by atoms with Crippen molar-refractivity contribution in [1.29, 1.82) is 0 Å². The second-order valence-corrected chi connectivity index (χ2v) is 8.68. The van der Waals surface area contributed by atoms with Gasteiger partial charge in [0.05, 0.1) is 15.5 Å². The number of hydrogen-bond acceptors (Lipinski definition) is 3. The molecule has 1 fully saturated rings. The van der Waals surface area contributed by atoms with Crippen LogP contribution >= 0.6 is 11.6 Å². The Morgan fingerprint density at radius 3 is 2.59 bits per heavy atom. The topological polar surface area (TPSA) is 63.2 Å². The minimum Gasteiger partial charge on any atom is -0.349 e. The van der Waals surface area contributed by atoms with E-state index in [0.29, 0.717) is 11.8 Å². The third-order valence-corrected chi connectivity index (χ3v) is 6.07. The van der Waals surface area contributed by atoms with Gasteiger partial charge in [-0.05, 0) is 36.5 Å². The van der Waals surface area contributed by atoms with Crippen molar-refractivity contribution in [3.05, 3.63) is 28.8 Å². The van der Waals surface area contributed by atoms with Crippen LogP contribution in [-0.2, 0) is 9.84 Å². The number of benzene rings is 1. The SMILES string of the molecule is C[C@@H]1[C@H](C)CCC[C@H]1NC(=O)c1cc(S(C)(=O)=O)ccc1Cl. The molecule has 2 rings (SSSR count). The molecule has 1 aromatic rings. The van der Waals surface area contributed by atoms with Crippen molar-refractivity contribution in [2.45, 2.75) is 44.0 Å². The molecule has 1 saturated carbocycles. The van der Waals surface area contributed by atoms with Crippen LogP contribution in [0, 0.1) is 11.8 Å². The van der Waals surface area contributed by atoms with Crippen LogP contribution < -0.4 is 5.32 Å². The van der Waals surface area contributed by atoms with Crippen molar-refractivity contribution in [3.8, 4) is 0 Å². The zero-order valence-corrected chi connectivity index (χ0v) is 14.7. The fraction of sp³-hybridized carbons (Fsp3) is 0.562. The molecular formula is C16H22ClNO3S. The molecule has 1 aromatic carbocycles. The Bertz CT molecular complexity index is 672. The Hall–Kier alpha value is -1.07. The van der Waals surface area contributed by atoms with Crippen LogP contribution in [0.5, 0.6) is 0 Å². The van der Waals surface area contributed by atoms with Gasteiger partial charge >= 0.3 is 0 Å². The number of nitrogens with one attached hydrogen (secondary N) is 1. The van der Waals surface area contributed by atoms with Crippen molar-refractivity contribution in [3.63, 3.8) is 0 Å². The molecule has 0 aliphatic heterocycles. The summed E-state index contributed by atoms with van der Waals surface area (Å²) in [4.78, 5) is 12.6. The maximum absolute atomic E-state index is 12.5. The van der Waals surface area contributed by atoms with Crippen molar-refractivity contribution in [1.82, 2.24) is 5.32 Å². The van der Waals surface area contributed by atoms with Gasteiger partial charge < -0.3 is 5.32 Å². The van der Waals surface area contributed by atoms with Crippen LogP contribution in [-0.4, -0.2) is 26.6 Å². The van der Waals surface area contributed by atoms with E-state index in [1.807, 2.05) is 0 Å². The fourth-order valence-corrected chi connectivity index (χ4v) is 3.79. The summed E-state index contributed by atoms with van der Waals surface area (Å²) in [6.45, 7) is 4.34. The second kappa shape index (κ2) is 6.59. The Morgan fingerprint density at radius 1 is 1.27 bits per heavy atom. The molecule has 22 heavy (non-hydrogen) atoms. The molecule has 3 atom stereocenters. The standard InChI is InChI=1S/C16H22ClNO3S/c1-10-5-4-6-15(11(10)2)18-16(19)13-9-12(22(3,20)21)7-8-14(13)17/h7-11,15H,4-6H2,1-3H3,(H,18,19)/t10-,11-,15-/m1/s1. The summed E-state index contributed by atoms with van der Waals surface area (Å²) in [6, 6.07) is 4.33. The third kappa shape index (κ3) is 3.82. The highest BCUT2D eigenvalue weighted by molar-refractivity contribution is 7.90. The van der Waals surface area contributed by atoms with Gasteiger partial charge in [0, 0.05) is 12.3 Å². The lowest BCUT2D eigenvalue weighted by Gasteiger charge is -2.34. The molecule has 0 bridgehead atoms. The Kier molecular flexibility index (Phi) is 5.17. The summed E-state index contributed by atoms with van der Waals surface area (Å²) < 4.78 is 23.3. The van der Waals surface area contributed by atoms with E-state index in [1.165, 1.54) is 24.6 Å². The molecule has 1 N–H and O–H groups in total. The Labute approximate surface area is 137 Å². The first kappa shape index (κ1) is 17.3. The number of carbonyl (C=O) groups excluding carboxylic acids is 1. The molecule has 0 unspecified atom stereocenters. The van der Waals surface area contributed by atoms with Gasteiger partial charge in [-0.3, -0.25) is 4.79 Å². The molecule has 1 amide bonds. The summed E-state index contributed by atoms with van der Waals surface area (Å²) in [5.41, 5.74) is 0.218. The summed E-state index contributed by atoms with van der Waals surface area (Å²) >= 11 is 6.07. The molecule has 1 aliphatic carbocycles. The Morgan fingerprint density at radius 2 is 1.95 bits per heavy atom. The van der Waals surface area contributed by atoms with Crippen LogP contribution in [0.4, 0.5) is 0 Å². The van der Waals surface area contributed by atoms with Gasteiger partial charge in [-0.1, -0.05) is 38.3 Å². The molecule has 0 heterocycles. The van der Waals surface area contributed by atoms with Crippen molar-refractivity contribution in [2.24, 2.45) is 11.8 Å². The van der Waals surface area contributed by atoms with Crippen LogP contribution in [0.25, 0.3) is 0 Å². The first-order valence-electron chi connectivity index (χ1n) is 7.50. The molecular weight excluding hydrogens is 322 g/mol. The molecule has 122 valence electrons. The van der Waals surface area contributed by atoms with E-state index in [4.69, 9.17) is 11.6 Å². The van der Waals surface area contributed by atoms with Gasteiger partial charge in [0.15, 0.2) is 9.84 Å². The highest BCUT2D eigenvalue weighted by Gasteiger charge is 2.29. The van der Waals surface area contributed by atoms with E-state index in [0.717, 1.165) is 19.1 Å². The lowest BCUT2D eigenvalue weighted by atomic mass is 9.78. The maximum atomic E-state index is 12.5. The minimum absolute atomic E-state index is 0.104. The van der Waals surface area contributed by atoms with Crippen molar-refractivity contribution >= 4 is 27.3 Å². The first-order valence-corrected chi connectivity index (χ1v) is 9.77. The number of rotatable bonds is 3. The molecule has 0 saturated heterocycles. The summed E-state index contributed by atoms with van der Waals surface area (Å²) in [7, 11) is -3.37. The quantitative estimate of drug-likeness (QED) is 0.915. The second-order valence-electron chi connectivity index (χ2n) is 6.26. The van der Waals surface area contributed by atoms with E-state index in [9.17, 15) is 13.2 Å². The van der Waals surface area contributed by atoms with Gasteiger partial charge in [0.1, 0.15) is 0 Å². The fourth-order valence-electron chi connectivity index (χ4n) is 2.94. The van der Waals surface area contributed by atoms with Gasteiger partial charge in [0.2, 0.25) is 0 Å². The average Bonchev–Trinajstić information content (AvgIpc) is 2.43. The minimum atomic E-state index is -3.37. The van der Waals surface area contributed by atoms with Crippen LogP contribution in [0.1, 0.15) is 43.5 Å². The van der Waals surface area contributed by atoms with Crippen LogP contribution in [0.2, 0.25) is 5.02 Å². The number of halogens is 1. The number of amides is 1. The van der Waals surface area contributed by atoms with Gasteiger partial charge in [-0.25, -0.2) is 8.42 Å². The van der Waals surface area contributed by atoms with Gasteiger partial charge in [0.25, 0.3) is 5.91 Å². The monoisotopic (exact) mass is 343 g/mol. The smallest absolute Gasteiger partial charge is 0.253 e. The van der Waals surface area contributed by atoms with Crippen LogP contribution in [0.15, 0.2) is 23.1 Å². The normalized spacial score (nSPS) is 25.7. The number of carbonyl (C=O) groups is 1. The lowest BCUT2D eigenvalue weighted by molar-refractivity contribution is 0.0891. The van der Waals surface area contributed by atoms with E-state index in [-0.39, 0.29) is 27.4 Å². The van der Waals surface area contributed by atoms with Crippen LogP contribution in [0.3, 0.4) is 0 Å². The van der Waals surface area contributed by atoms with Crippen molar-refractivity contribution < 1.29 is 13.2 Å². The Balaban J connectivity index is 2.22. The summed E-state index contributed by atoms with van der Waals surface area (Å²) in [5, 5.41) is 3.28.